The molecule has 2 amide bonds. The number of nitrogens with one attached hydrogen (secondary N) is 1. The molecule has 1 heterocycles. The van der Waals surface area contributed by atoms with Crippen molar-refractivity contribution in [2.24, 2.45) is 0 Å². The van der Waals surface area contributed by atoms with Crippen LogP contribution in [0.5, 0.6) is 0 Å². The van der Waals surface area contributed by atoms with Gasteiger partial charge in [0.25, 0.3) is 0 Å². The summed E-state index contributed by atoms with van der Waals surface area (Å²) in [4.78, 5) is 25.7. The highest BCUT2D eigenvalue weighted by Crippen LogP contribution is 2.17. The van der Waals surface area contributed by atoms with Crippen molar-refractivity contribution >= 4 is 22.6 Å². The lowest BCUT2D eigenvalue weighted by Gasteiger charge is -2.32. The van der Waals surface area contributed by atoms with E-state index >= 15 is 0 Å². The number of fused-ring (bicyclic) bond motifs is 1. The van der Waals surface area contributed by atoms with Gasteiger partial charge in [0.2, 0.25) is 11.8 Å². The van der Waals surface area contributed by atoms with E-state index in [9.17, 15) is 9.59 Å². The van der Waals surface area contributed by atoms with E-state index in [4.69, 9.17) is 9.47 Å². The van der Waals surface area contributed by atoms with Crippen molar-refractivity contribution in [3.8, 4) is 0 Å². The van der Waals surface area contributed by atoms with Gasteiger partial charge in [0.05, 0.1) is 25.2 Å². The number of hydrogen-bond acceptors (Lipinski definition) is 4. The smallest absolute Gasteiger partial charge is 0.248 e. The lowest BCUT2D eigenvalue weighted by atomic mass is 10.0. The molecule has 1 fully saturated rings. The van der Waals surface area contributed by atoms with Crippen LogP contribution in [-0.4, -0.2) is 62.8 Å². The van der Waals surface area contributed by atoms with E-state index in [-0.39, 0.29) is 30.6 Å². The summed E-state index contributed by atoms with van der Waals surface area (Å²) in [5.74, 6) is -0.170. The van der Waals surface area contributed by atoms with Crippen molar-refractivity contribution in [2.45, 2.75) is 25.0 Å². The van der Waals surface area contributed by atoms with Crippen LogP contribution in [0.25, 0.3) is 10.8 Å². The normalized spacial score (nSPS) is 19.6. The fraction of sp³-hybridized carbons (Fsp3) is 0.429. The van der Waals surface area contributed by atoms with Gasteiger partial charge in [0.1, 0.15) is 6.61 Å². The predicted molar refractivity (Wildman–Crippen MR) is 103 cm³/mol. The van der Waals surface area contributed by atoms with Crippen molar-refractivity contribution in [2.75, 3.05) is 33.9 Å². The van der Waals surface area contributed by atoms with Crippen LogP contribution >= 0.6 is 0 Å². The highest BCUT2D eigenvalue weighted by Gasteiger charge is 2.28. The molecule has 1 aliphatic rings. The number of hydrogen-bond donors (Lipinski definition) is 1. The van der Waals surface area contributed by atoms with Crippen LogP contribution in [0.3, 0.4) is 0 Å². The van der Waals surface area contributed by atoms with Gasteiger partial charge < -0.3 is 19.7 Å². The number of likely N-dealkylation sites (N-methyl/N-ethyl adjacent to an activating group) is 1. The third-order valence-electron chi connectivity index (χ3n) is 4.74. The van der Waals surface area contributed by atoms with E-state index in [0.29, 0.717) is 26.1 Å². The third-order valence-corrected chi connectivity index (χ3v) is 4.74. The van der Waals surface area contributed by atoms with E-state index < -0.39 is 0 Å². The minimum atomic E-state index is -0.248. The third kappa shape index (κ3) is 5.28. The Morgan fingerprint density at radius 3 is 2.74 bits per heavy atom. The summed E-state index contributed by atoms with van der Waals surface area (Å²) in [5.41, 5.74) is 0.961. The second-order valence-electron chi connectivity index (χ2n) is 7.03. The first-order valence-electron chi connectivity index (χ1n) is 9.19. The van der Waals surface area contributed by atoms with E-state index in [2.05, 4.69) is 11.4 Å². The summed E-state index contributed by atoms with van der Waals surface area (Å²) in [5, 5.41) is 5.28. The fourth-order valence-corrected chi connectivity index (χ4v) is 3.15. The van der Waals surface area contributed by atoms with E-state index in [1.165, 1.54) is 4.90 Å². The molecule has 0 radical (unpaired) electrons. The Kier molecular flexibility index (Phi) is 6.42. The maximum atomic E-state index is 12.5. The molecule has 2 atom stereocenters. The van der Waals surface area contributed by atoms with Gasteiger partial charge in [0.15, 0.2) is 0 Å². The molecule has 3 rings (SSSR count). The van der Waals surface area contributed by atoms with Crippen LogP contribution in [0.2, 0.25) is 0 Å². The first-order chi connectivity index (χ1) is 13.0. The summed E-state index contributed by atoms with van der Waals surface area (Å²) < 4.78 is 11.2. The monoisotopic (exact) mass is 370 g/mol. The molecular weight excluding hydrogens is 344 g/mol. The molecule has 144 valence electrons. The SMILES string of the molecule is CN(C)C(=O)CO[C@@H]1CCOC[C@@H]1NC(=O)Cc1ccc2ccccc2c1. The van der Waals surface area contributed by atoms with Crippen molar-refractivity contribution < 1.29 is 19.1 Å². The molecule has 27 heavy (non-hydrogen) atoms. The van der Waals surface area contributed by atoms with Gasteiger partial charge in [-0.1, -0.05) is 42.5 Å². The molecule has 0 spiro atoms. The minimum absolute atomic E-state index is 0.00864. The van der Waals surface area contributed by atoms with E-state index in [0.717, 1.165) is 16.3 Å². The van der Waals surface area contributed by atoms with Gasteiger partial charge in [0, 0.05) is 20.7 Å². The quantitative estimate of drug-likeness (QED) is 0.841. The summed E-state index contributed by atoms with van der Waals surface area (Å²) in [7, 11) is 3.39. The number of rotatable bonds is 6. The average molecular weight is 370 g/mol. The molecule has 1 aliphatic heterocycles. The summed E-state index contributed by atoms with van der Waals surface area (Å²) in [6.45, 7) is 0.969. The Bertz CT molecular complexity index is 806. The number of ether oxygens (including phenoxy) is 2. The van der Waals surface area contributed by atoms with Crippen LogP contribution in [0.15, 0.2) is 42.5 Å². The molecule has 6 heteroatoms. The van der Waals surface area contributed by atoms with Crippen LogP contribution in [-0.2, 0) is 25.5 Å². The highest BCUT2D eigenvalue weighted by atomic mass is 16.5. The first-order valence-corrected chi connectivity index (χ1v) is 9.19. The maximum absolute atomic E-state index is 12.5. The molecule has 0 unspecified atom stereocenters. The second-order valence-corrected chi connectivity index (χ2v) is 7.03. The second kappa shape index (κ2) is 8.97. The number of carbonyl (C=O) groups is 2. The largest absolute Gasteiger partial charge is 0.379 e. The van der Waals surface area contributed by atoms with Crippen LogP contribution in [0.4, 0.5) is 0 Å². The molecule has 1 N–H and O–H groups in total. The predicted octanol–water partition coefficient (Wildman–Crippen LogP) is 1.76. The molecule has 1 saturated heterocycles. The summed E-state index contributed by atoms with van der Waals surface area (Å²) >= 11 is 0. The van der Waals surface area contributed by atoms with Crippen molar-refractivity contribution in [1.29, 1.82) is 0 Å². The van der Waals surface area contributed by atoms with Gasteiger partial charge in [-0.3, -0.25) is 9.59 Å². The molecule has 0 aromatic heterocycles. The van der Waals surface area contributed by atoms with Gasteiger partial charge in [-0.05, 0) is 22.8 Å². The summed E-state index contributed by atoms with van der Waals surface area (Å²) in [6.07, 6.45) is 0.731. The molecule has 0 saturated carbocycles. The zero-order chi connectivity index (χ0) is 19.2. The molecule has 0 bridgehead atoms. The Hall–Kier alpha value is -2.44. The number of carbonyl (C=O) groups excluding carboxylic acids is 2. The molecule has 6 nitrogen and oxygen atoms in total. The molecular formula is C21H26N2O4. The Labute approximate surface area is 159 Å². The Morgan fingerprint density at radius 1 is 1.19 bits per heavy atom. The lowest BCUT2D eigenvalue weighted by Crippen LogP contribution is -2.51. The average Bonchev–Trinajstić information content (AvgIpc) is 2.66. The van der Waals surface area contributed by atoms with Crippen LogP contribution in [0, 0.1) is 0 Å². The Balaban J connectivity index is 1.57. The molecule has 2 aromatic rings. The Morgan fingerprint density at radius 2 is 1.96 bits per heavy atom. The highest BCUT2D eigenvalue weighted by molar-refractivity contribution is 5.85. The maximum Gasteiger partial charge on any atom is 0.248 e. The number of benzene rings is 2. The zero-order valence-electron chi connectivity index (χ0n) is 15.8. The molecule has 2 aromatic carbocycles. The van der Waals surface area contributed by atoms with E-state index in [1.807, 2.05) is 36.4 Å². The van der Waals surface area contributed by atoms with Crippen LogP contribution < -0.4 is 5.32 Å². The minimum Gasteiger partial charge on any atom is -0.379 e. The zero-order valence-corrected chi connectivity index (χ0v) is 15.8. The number of amides is 2. The van der Waals surface area contributed by atoms with Gasteiger partial charge in [-0.25, -0.2) is 0 Å². The summed E-state index contributed by atoms with van der Waals surface area (Å²) in [6, 6.07) is 13.9. The molecule has 0 aliphatic carbocycles. The standard InChI is InChI=1S/C21H26N2O4/c1-23(2)21(25)14-27-19-9-10-26-13-18(19)22-20(24)12-15-7-8-16-5-3-4-6-17(16)11-15/h3-8,11,18-19H,9-10,12-14H2,1-2H3,(H,22,24)/t18-,19+/m0/s1. The van der Waals surface area contributed by atoms with E-state index in [1.54, 1.807) is 14.1 Å². The lowest BCUT2D eigenvalue weighted by molar-refractivity contribution is -0.140. The van der Waals surface area contributed by atoms with Gasteiger partial charge in [-0.15, -0.1) is 0 Å². The van der Waals surface area contributed by atoms with Crippen molar-refractivity contribution in [3.63, 3.8) is 0 Å². The fourth-order valence-electron chi connectivity index (χ4n) is 3.15. The topological polar surface area (TPSA) is 67.9 Å². The van der Waals surface area contributed by atoms with Crippen LogP contribution in [0.1, 0.15) is 12.0 Å². The number of nitrogens with zero attached hydrogens (tertiary/aromatic N) is 1. The van der Waals surface area contributed by atoms with Crippen molar-refractivity contribution in [1.82, 2.24) is 10.2 Å². The van der Waals surface area contributed by atoms with Crippen molar-refractivity contribution in [3.05, 3.63) is 48.0 Å². The van der Waals surface area contributed by atoms with Gasteiger partial charge >= 0.3 is 0 Å². The first kappa shape index (κ1) is 19.3. The van der Waals surface area contributed by atoms with Gasteiger partial charge in [-0.2, -0.15) is 0 Å².